The van der Waals surface area contributed by atoms with Gasteiger partial charge >= 0.3 is 11.9 Å². The van der Waals surface area contributed by atoms with Gasteiger partial charge in [-0.25, -0.2) is 14.8 Å². The van der Waals surface area contributed by atoms with Gasteiger partial charge in [-0.1, -0.05) is 0 Å². The number of aromatic nitrogens is 4. The van der Waals surface area contributed by atoms with E-state index >= 15 is 0 Å². The van der Waals surface area contributed by atoms with Gasteiger partial charge in [0.1, 0.15) is 17.1 Å². The zero-order valence-corrected chi connectivity index (χ0v) is 16.1. The van der Waals surface area contributed by atoms with Crippen LogP contribution in [-0.4, -0.2) is 31.6 Å². The van der Waals surface area contributed by atoms with E-state index in [1.54, 1.807) is 0 Å². The number of halogens is 3. The van der Waals surface area contributed by atoms with E-state index in [0.29, 0.717) is 11.4 Å². The molecular weight excluding hydrogens is 421 g/mol. The summed E-state index contributed by atoms with van der Waals surface area (Å²) in [5, 5.41) is 4.04. The monoisotopic (exact) mass is 436 g/mol. The normalized spacial score (nSPS) is 18.0. The number of furan rings is 1. The van der Waals surface area contributed by atoms with Gasteiger partial charge in [0.05, 0.1) is 12.8 Å². The van der Waals surface area contributed by atoms with E-state index in [0.717, 1.165) is 4.57 Å². The van der Waals surface area contributed by atoms with Crippen LogP contribution in [0.1, 0.15) is 22.7 Å². The summed E-state index contributed by atoms with van der Waals surface area (Å²) in [6.45, 7) is 2.76. The molecule has 1 amide bonds. The Morgan fingerprint density at radius 3 is 2.45 bits per heavy atom. The summed E-state index contributed by atoms with van der Waals surface area (Å²) in [7, 11) is 0. The molecule has 1 atom stereocenters. The van der Waals surface area contributed by atoms with Crippen LogP contribution in [0.4, 0.5) is 24.9 Å². The number of hydrogen-bond acceptors (Lipinski definition) is 7. The van der Waals surface area contributed by atoms with Crippen molar-refractivity contribution in [2.24, 2.45) is 0 Å². The van der Waals surface area contributed by atoms with Gasteiger partial charge in [0.25, 0.3) is 17.0 Å². The third kappa shape index (κ3) is 3.17. The largest absolute Gasteiger partial charge is 0.467 e. The van der Waals surface area contributed by atoms with Crippen LogP contribution in [0.3, 0.4) is 0 Å². The van der Waals surface area contributed by atoms with Crippen molar-refractivity contribution in [2.45, 2.75) is 32.1 Å². The Kier molecular flexibility index (Phi) is 4.48. The molecule has 0 aliphatic carbocycles. The molecule has 162 valence electrons. The molecule has 1 aliphatic rings. The number of aromatic amines is 1. The minimum absolute atomic E-state index is 0.223. The fourth-order valence-electron chi connectivity index (χ4n) is 3.48. The summed E-state index contributed by atoms with van der Waals surface area (Å²) in [5.74, 6) is -2.46. The summed E-state index contributed by atoms with van der Waals surface area (Å²) in [6.07, 6.45) is -3.98. The predicted molar refractivity (Wildman–Crippen MR) is 101 cm³/mol. The highest BCUT2D eigenvalue weighted by molar-refractivity contribution is 6.07. The highest BCUT2D eigenvalue weighted by Gasteiger charge is 2.68. The molecule has 3 aromatic heterocycles. The number of amides is 1. The molecule has 13 heteroatoms. The summed E-state index contributed by atoms with van der Waals surface area (Å²) in [5.41, 5.74) is -6.22. The van der Waals surface area contributed by atoms with E-state index in [4.69, 9.17) is 4.42 Å². The third-order valence-corrected chi connectivity index (χ3v) is 4.75. The van der Waals surface area contributed by atoms with Crippen molar-refractivity contribution in [3.8, 4) is 0 Å². The smallest absolute Gasteiger partial charge is 0.425 e. The van der Waals surface area contributed by atoms with E-state index in [9.17, 15) is 27.6 Å². The van der Waals surface area contributed by atoms with Crippen LogP contribution in [-0.2, 0) is 16.9 Å². The Balaban J connectivity index is 1.96. The minimum atomic E-state index is -5.29. The molecule has 3 N–H and O–H groups in total. The topological polar surface area (TPSA) is 135 Å². The lowest BCUT2D eigenvalue weighted by molar-refractivity contribution is -0.184. The lowest BCUT2D eigenvalue weighted by Gasteiger charge is -2.30. The van der Waals surface area contributed by atoms with Gasteiger partial charge in [0.15, 0.2) is 0 Å². The van der Waals surface area contributed by atoms with E-state index in [2.05, 4.69) is 9.97 Å². The number of nitrogens with one attached hydrogen (secondary N) is 3. The first-order valence-corrected chi connectivity index (χ1v) is 8.91. The number of aryl methyl sites for hydroxylation is 2. The summed E-state index contributed by atoms with van der Waals surface area (Å²) in [6, 6.07) is 4.53. The Labute approximate surface area is 171 Å². The molecule has 1 aliphatic heterocycles. The van der Waals surface area contributed by atoms with Crippen LogP contribution in [0, 0.1) is 13.8 Å². The van der Waals surface area contributed by atoms with Crippen molar-refractivity contribution in [1.82, 2.24) is 19.5 Å². The minimum Gasteiger partial charge on any atom is -0.467 e. The Morgan fingerprint density at radius 1 is 1.19 bits per heavy atom. The van der Waals surface area contributed by atoms with E-state index in [-0.39, 0.29) is 12.3 Å². The van der Waals surface area contributed by atoms with Crippen molar-refractivity contribution in [1.29, 1.82) is 0 Å². The second-order valence-corrected chi connectivity index (χ2v) is 6.95. The van der Waals surface area contributed by atoms with Gasteiger partial charge in [-0.3, -0.25) is 19.1 Å². The summed E-state index contributed by atoms with van der Waals surface area (Å²) >= 11 is 0. The van der Waals surface area contributed by atoms with Crippen molar-refractivity contribution in [3.05, 3.63) is 68.0 Å². The lowest BCUT2D eigenvalue weighted by atomic mass is 9.92. The van der Waals surface area contributed by atoms with Crippen LogP contribution in [0.2, 0.25) is 0 Å². The Hall–Kier alpha value is -3.90. The molecule has 0 radical (unpaired) electrons. The first-order valence-electron chi connectivity index (χ1n) is 8.91. The lowest BCUT2D eigenvalue weighted by Crippen LogP contribution is -2.56. The molecule has 3 aromatic rings. The number of anilines is 2. The summed E-state index contributed by atoms with van der Waals surface area (Å²) < 4.78 is 49.1. The van der Waals surface area contributed by atoms with Crippen molar-refractivity contribution >= 4 is 17.7 Å². The quantitative estimate of drug-likeness (QED) is 0.563. The Bertz CT molecular complexity index is 1270. The highest BCUT2D eigenvalue weighted by atomic mass is 19.4. The summed E-state index contributed by atoms with van der Waals surface area (Å²) in [4.78, 5) is 47.3. The van der Waals surface area contributed by atoms with Gasteiger partial charge in [0, 0.05) is 11.4 Å². The first-order chi connectivity index (χ1) is 14.5. The molecule has 0 bridgehead atoms. The van der Waals surface area contributed by atoms with Gasteiger partial charge in [-0.2, -0.15) is 13.2 Å². The average Bonchev–Trinajstić information content (AvgIpc) is 3.24. The van der Waals surface area contributed by atoms with Crippen LogP contribution >= 0.6 is 0 Å². The van der Waals surface area contributed by atoms with Gasteiger partial charge in [0.2, 0.25) is 5.95 Å². The van der Waals surface area contributed by atoms with Gasteiger partial charge in [-0.05, 0) is 32.0 Å². The van der Waals surface area contributed by atoms with E-state index in [1.807, 2.05) is 15.6 Å². The van der Waals surface area contributed by atoms with Crippen LogP contribution < -0.4 is 21.9 Å². The molecule has 4 rings (SSSR count). The Morgan fingerprint density at radius 2 is 1.87 bits per heavy atom. The van der Waals surface area contributed by atoms with Crippen molar-refractivity contribution in [2.75, 3.05) is 10.6 Å². The van der Waals surface area contributed by atoms with Crippen LogP contribution in [0.25, 0.3) is 0 Å². The third-order valence-electron chi connectivity index (χ3n) is 4.75. The van der Waals surface area contributed by atoms with E-state index in [1.165, 1.54) is 38.3 Å². The molecule has 0 spiro atoms. The van der Waals surface area contributed by atoms with Crippen molar-refractivity contribution in [3.63, 3.8) is 0 Å². The SMILES string of the molecule is Cc1cc(C)nc(N[C@@]2(C(F)(F)F)C(=O)Nc3c2c(=O)[nH]c(=O)n3Cc2ccco2)n1. The number of rotatable bonds is 4. The average molecular weight is 436 g/mol. The molecule has 0 saturated heterocycles. The van der Waals surface area contributed by atoms with Gasteiger partial charge in [-0.15, -0.1) is 0 Å². The molecular formula is C18H15F3N6O4. The number of fused-ring (bicyclic) bond motifs is 1. The van der Waals surface area contributed by atoms with Crippen molar-refractivity contribution < 1.29 is 22.4 Å². The zero-order valence-electron chi connectivity index (χ0n) is 16.1. The van der Waals surface area contributed by atoms with Crippen LogP contribution in [0.5, 0.6) is 0 Å². The van der Waals surface area contributed by atoms with Gasteiger partial charge < -0.3 is 15.1 Å². The fraction of sp³-hybridized carbons (Fsp3) is 0.278. The molecule has 31 heavy (non-hydrogen) atoms. The second kappa shape index (κ2) is 6.82. The number of nitrogens with zero attached hydrogens (tertiary/aromatic N) is 3. The number of hydrogen-bond donors (Lipinski definition) is 3. The van der Waals surface area contributed by atoms with E-state index < -0.39 is 46.2 Å². The number of alkyl halides is 3. The molecule has 0 unspecified atom stereocenters. The highest BCUT2D eigenvalue weighted by Crippen LogP contribution is 2.46. The molecule has 0 saturated carbocycles. The molecule has 4 heterocycles. The molecule has 0 fully saturated rings. The number of carbonyl (C=O) groups excluding carboxylic acids is 1. The number of H-pyrrole nitrogens is 1. The maximum Gasteiger partial charge on any atom is 0.425 e. The zero-order chi connectivity index (χ0) is 22.6. The fourth-order valence-corrected chi connectivity index (χ4v) is 3.48. The van der Waals surface area contributed by atoms with Crippen LogP contribution in [0.15, 0.2) is 38.5 Å². The first kappa shape index (κ1) is 20.4. The number of carbonyl (C=O) groups is 1. The second-order valence-electron chi connectivity index (χ2n) is 6.95. The maximum atomic E-state index is 14.4. The molecule has 0 aromatic carbocycles. The standard InChI is InChI=1S/C18H15F3N6O4/c1-8-6-9(2)23-15(22-8)26-17(18(19,20)21)11-12(24-14(17)29)27(16(30)25-13(11)28)7-10-4-3-5-31-10/h3-6H,7H2,1-2H3,(H,24,29)(H,22,23,26)(H,25,28,30)/t17-/m1/s1. The maximum absolute atomic E-state index is 14.4. The molecule has 10 nitrogen and oxygen atoms in total. The predicted octanol–water partition coefficient (Wildman–Crippen LogP) is 1.41.